The number of aliphatic hydroxyl groups is 2. The molecule has 0 radical (unpaired) electrons. The molecule has 4 aliphatic rings. The smallest absolute Gasteiger partial charge is 0.128 e. The summed E-state index contributed by atoms with van der Waals surface area (Å²) in [5.41, 5.74) is 1.61. The molecule has 2 aromatic rings. The first-order valence-corrected chi connectivity index (χ1v) is 14.5. The number of hydrogen-bond donors (Lipinski definition) is 2. The molecule has 4 fully saturated rings. The second kappa shape index (κ2) is 9.23. The number of benzene rings is 1. The zero-order valence-corrected chi connectivity index (χ0v) is 22.3. The lowest BCUT2D eigenvalue weighted by Crippen LogP contribution is -2.58. The van der Waals surface area contributed by atoms with Gasteiger partial charge in [0.1, 0.15) is 11.6 Å². The highest BCUT2D eigenvalue weighted by molar-refractivity contribution is 5.79. The summed E-state index contributed by atoms with van der Waals surface area (Å²) < 4.78 is 5.37. The number of methoxy groups -OCH3 is 1. The fourth-order valence-electron chi connectivity index (χ4n) is 9.58. The van der Waals surface area contributed by atoms with E-state index in [1.807, 2.05) is 24.4 Å². The summed E-state index contributed by atoms with van der Waals surface area (Å²) >= 11 is 0. The van der Waals surface area contributed by atoms with Gasteiger partial charge in [-0.3, -0.25) is 0 Å². The monoisotopic (exact) mass is 492 g/mol. The molecule has 5 heteroatoms. The number of aromatic nitrogens is 2. The summed E-state index contributed by atoms with van der Waals surface area (Å²) in [6.07, 6.45) is 13.9. The molecule has 0 aliphatic heterocycles. The van der Waals surface area contributed by atoms with E-state index in [2.05, 4.69) is 18.8 Å². The van der Waals surface area contributed by atoms with E-state index in [0.717, 1.165) is 66.9 Å². The fraction of sp³-hybridized carbons (Fsp3) is 0.742. The molecule has 5 nitrogen and oxygen atoms in total. The van der Waals surface area contributed by atoms with Crippen molar-refractivity contribution in [2.45, 2.75) is 96.7 Å². The van der Waals surface area contributed by atoms with E-state index in [-0.39, 0.29) is 12.2 Å². The molecule has 4 aliphatic carbocycles. The minimum absolute atomic E-state index is 0.162. The van der Waals surface area contributed by atoms with Crippen LogP contribution in [0.2, 0.25) is 0 Å². The third-order valence-electron chi connectivity index (χ3n) is 11.6. The highest BCUT2D eigenvalue weighted by Gasteiger charge is 2.62. The maximum absolute atomic E-state index is 11.4. The average Bonchev–Trinajstić information content (AvgIpc) is 3.21. The minimum Gasteiger partial charge on any atom is -0.497 e. The van der Waals surface area contributed by atoms with Gasteiger partial charge in [0.15, 0.2) is 0 Å². The van der Waals surface area contributed by atoms with Gasteiger partial charge in [0.05, 0.1) is 24.8 Å². The van der Waals surface area contributed by atoms with Crippen LogP contribution in [0.4, 0.5) is 0 Å². The average molecular weight is 493 g/mol. The number of fused-ring (bicyclic) bond motifs is 6. The normalized spacial score (nSPS) is 42.0. The van der Waals surface area contributed by atoms with Crippen LogP contribution >= 0.6 is 0 Å². The predicted molar refractivity (Wildman–Crippen MR) is 142 cm³/mol. The fourth-order valence-corrected chi connectivity index (χ4v) is 9.58. The van der Waals surface area contributed by atoms with Crippen molar-refractivity contribution in [2.24, 2.45) is 40.4 Å². The van der Waals surface area contributed by atoms with Crippen molar-refractivity contribution in [1.29, 1.82) is 0 Å². The number of rotatable bonds is 5. The lowest BCUT2D eigenvalue weighted by Gasteiger charge is -2.62. The third kappa shape index (κ3) is 3.96. The topological polar surface area (TPSA) is 75.5 Å². The van der Waals surface area contributed by atoms with E-state index in [9.17, 15) is 10.2 Å². The van der Waals surface area contributed by atoms with Gasteiger partial charge in [-0.2, -0.15) is 0 Å². The van der Waals surface area contributed by atoms with Gasteiger partial charge in [0.2, 0.25) is 0 Å². The summed E-state index contributed by atoms with van der Waals surface area (Å²) in [5, 5.41) is 22.8. The summed E-state index contributed by atoms with van der Waals surface area (Å²) in [6.45, 7) is 5.05. The van der Waals surface area contributed by atoms with E-state index >= 15 is 0 Å². The van der Waals surface area contributed by atoms with E-state index in [1.165, 1.54) is 32.1 Å². The van der Waals surface area contributed by atoms with Gasteiger partial charge in [-0.1, -0.05) is 13.8 Å². The van der Waals surface area contributed by atoms with Crippen molar-refractivity contribution in [3.63, 3.8) is 0 Å². The van der Waals surface area contributed by atoms with E-state index in [1.54, 1.807) is 7.11 Å². The highest BCUT2D eigenvalue weighted by Crippen LogP contribution is 2.67. The number of hydrogen-bond acceptors (Lipinski definition) is 5. The lowest BCUT2D eigenvalue weighted by atomic mass is 9.44. The SMILES string of the molecule is COc1ccc2cnc(CCCC3CCC4C5C(O)CC6C[C@H](O)CCC6(C)C5CCC34C)nc2c1. The Bertz CT molecular complexity index is 1110. The van der Waals surface area contributed by atoms with Gasteiger partial charge in [0, 0.05) is 24.1 Å². The first-order chi connectivity index (χ1) is 17.3. The van der Waals surface area contributed by atoms with Crippen LogP contribution in [0.25, 0.3) is 10.9 Å². The summed E-state index contributed by atoms with van der Waals surface area (Å²) in [7, 11) is 1.69. The Balaban J connectivity index is 1.13. The largest absolute Gasteiger partial charge is 0.497 e. The second-order valence-corrected chi connectivity index (χ2v) is 13.1. The Hall–Kier alpha value is -1.72. The lowest BCUT2D eigenvalue weighted by molar-refractivity contribution is -0.172. The van der Waals surface area contributed by atoms with Gasteiger partial charge >= 0.3 is 0 Å². The number of aryl methyl sites for hydroxylation is 1. The molecule has 1 heterocycles. The quantitative estimate of drug-likeness (QED) is 0.539. The van der Waals surface area contributed by atoms with Gasteiger partial charge in [0.25, 0.3) is 0 Å². The van der Waals surface area contributed by atoms with E-state index < -0.39 is 0 Å². The molecule has 0 bridgehead atoms. The Morgan fingerprint density at radius 2 is 1.81 bits per heavy atom. The van der Waals surface area contributed by atoms with Crippen molar-refractivity contribution < 1.29 is 14.9 Å². The molecule has 1 aromatic heterocycles. The Labute approximate surface area is 216 Å². The number of nitrogens with zero attached hydrogens (tertiary/aromatic N) is 2. The summed E-state index contributed by atoms with van der Waals surface area (Å²) in [5.74, 6) is 4.70. The highest BCUT2D eigenvalue weighted by atomic mass is 16.5. The Morgan fingerprint density at radius 3 is 2.64 bits per heavy atom. The Morgan fingerprint density at radius 1 is 1.00 bits per heavy atom. The van der Waals surface area contributed by atoms with Crippen molar-refractivity contribution in [3.8, 4) is 5.75 Å². The molecule has 1 aromatic carbocycles. The molecule has 0 amide bonds. The molecule has 36 heavy (non-hydrogen) atoms. The van der Waals surface area contributed by atoms with Crippen LogP contribution in [0, 0.1) is 40.4 Å². The third-order valence-corrected chi connectivity index (χ3v) is 11.6. The molecular weight excluding hydrogens is 448 g/mol. The molecule has 0 spiro atoms. The van der Waals surface area contributed by atoms with Gasteiger partial charge in [-0.15, -0.1) is 0 Å². The predicted octanol–water partition coefficient (Wildman–Crippen LogP) is 5.95. The van der Waals surface area contributed by atoms with Crippen LogP contribution in [0.3, 0.4) is 0 Å². The van der Waals surface area contributed by atoms with Crippen LogP contribution < -0.4 is 4.74 Å². The van der Waals surface area contributed by atoms with E-state index in [0.29, 0.717) is 34.5 Å². The molecule has 2 N–H and O–H groups in total. The molecule has 8 unspecified atom stereocenters. The minimum atomic E-state index is -0.190. The zero-order valence-electron chi connectivity index (χ0n) is 22.3. The van der Waals surface area contributed by atoms with E-state index in [4.69, 9.17) is 9.72 Å². The van der Waals surface area contributed by atoms with Crippen LogP contribution in [0.5, 0.6) is 5.75 Å². The molecule has 196 valence electrons. The van der Waals surface area contributed by atoms with Crippen LogP contribution in [0.15, 0.2) is 24.4 Å². The molecule has 6 rings (SSSR count). The van der Waals surface area contributed by atoms with Gasteiger partial charge in [-0.25, -0.2) is 9.97 Å². The van der Waals surface area contributed by atoms with Crippen LogP contribution in [-0.4, -0.2) is 39.5 Å². The van der Waals surface area contributed by atoms with Gasteiger partial charge < -0.3 is 14.9 Å². The van der Waals surface area contributed by atoms with Crippen LogP contribution in [0.1, 0.15) is 83.9 Å². The maximum atomic E-state index is 11.4. The molecular formula is C31H44N2O3. The maximum Gasteiger partial charge on any atom is 0.128 e. The second-order valence-electron chi connectivity index (χ2n) is 13.1. The zero-order chi connectivity index (χ0) is 25.1. The first kappa shape index (κ1) is 24.6. The van der Waals surface area contributed by atoms with Crippen molar-refractivity contribution >= 4 is 10.9 Å². The van der Waals surface area contributed by atoms with Gasteiger partial charge in [-0.05, 0) is 117 Å². The van der Waals surface area contributed by atoms with Crippen molar-refractivity contribution in [2.75, 3.05) is 7.11 Å². The summed E-state index contributed by atoms with van der Waals surface area (Å²) in [6, 6.07) is 5.97. The number of ether oxygens (including phenoxy) is 1. The molecule has 4 saturated carbocycles. The van der Waals surface area contributed by atoms with Crippen molar-refractivity contribution in [3.05, 3.63) is 30.2 Å². The standard InChI is InChI=1S/C31H44N2O3/c1-30-14-12-25-29(27(35)16-21-15-22(34)11-13-31(21,25)2)24(30)10-8-20(30)5-4-6-28-32-18-19-7-9-23(36-3)17-26(19)33-28/h7,9,17-18,20-22,24-25,27,29,34-35H,4-6,8,10-16H2,1-3H3/t20?,21?,22-,24?,25?,27?,29?,30?,31?/m1/s1. The van der Waals surface area contributed by atoms with Crippen LogP contribution in [-0.2, 0) is 6.42 Å². The first-order valence-electron chi connectivity index (χ1n) is 14.5. The number of aliphatic hydroxyl groups excluding tert-OH is 2. The van der Waals surface area contributed by atoms with Crippen molar-refractivity contribution in [1.82, 2.24) is 9.97 Å². The molecule has 0 saturated heterocycles. The molecule has 9 atom stereocenters. The Kier molecular flexibility index (Phi) is 6.31. The summed E-state index contributed by atoms with van der Waals surface area (Å²) in [4.78, 5) is 9.46.